The third-order valence-corrected chi connectivity index (χ3v) is 6.35. The van der Waals surface area contributed by atoms with Gasteiger partial charge in [-0.25, -0.2) is 0 Å². The molecule has 0 aliphatic rings. The van der Waals surface area contributed by atoms with Crippen LogP contribution in [0.3, 0.4) is 0 Å². The van der Waals surface area contributed by atoms with Crippen LogP contribution in [0.5, 0.6) is 0 Å². The zero-order chi connectivity index (χ0) is 21.5. The fraction of sp³-hybridized carbons (Fsp3) is 0.0476. The van der Waals surface area contributed by atoms with E-state index in [0.29, 0.717) is 37.8 Å². The minimum Gasteiger partial charge on any atom is -0.451 e. The zero-order valence-electron chi connectivity index (χ0n) is 16.0. The van der Waals surface area contributed by atoms with Gasteiger partial charge in [0.1, 0.15) is 10.8 Å². The van der Waals surface area contributed by atoms with Crippen molar-refractivity contribution in [3.05, 3.63) is 76.2 Å². The molecule has 0 saturated heterocycles. The van der Waals surface area contributed by atoms with Gasteiger partial charge in [0, 0.05) is 11.1 Å². The van der Waals surface area contributed by atoms with E-state index in [1.165, 1.54) is 11.3 Å². The summed E-state index contributed by atoms with van der Waals surface area (Å²) in [6.07, 6.45) is 0. The number of fused-ring (bicyclic) bond motifs is 1. The van der Waals surface area contributed by atoms with Gasteiger partial charge in [-0.05, 0) is 43.3 Å². The Balaban J connectivity index is 1.44. The minimum absolute atomic E-state index is 0.148. The summed E-state index contributed by atoms with van der Waals surface area (Å²) in [4.78, 5) is 13.5. The number of anilines is 1. The van der Waals surface area contributed by atoms with Crippen LogP contribution in [0, 0.1) is 6.92 Å². The van der Waals surface area contributed by atoms with Crippen LogP contribution in [-0.2, 0) is 0 Å². The Labute approximate surface area is 190 Å². The highest BCUT2D eigenvalue weighted by Gasteiger charge is 2.18. The molecule has 3 aromatic heterocycles. The van der Waals surface area contributed by atoms with Crippen molar-refractivity contribution in [3.63, 3.8) is 0 Å². The Bertz CT molecular complexity index is 1440. The number of nitrogens with one attached hydrogen (secondary N) is 1. The molecule has 3 heterocycles. The highest BCUT2D eigenvalue weighted by Crippen LogP contribution is 2.35. The Morgan fingerprint density at radius 3 is 2.68 bits per heavy atom. The number of aryl methyl sites for hydroxylation is 1. The molecule has 0 aliphatic carbocycles. The Kier molecular flexibility index (Phi) is 4.97. The van der Waals surface area contributed by atoms with Crippen LogP contribution in [0.15, 0.2) is 59.0 Å². The molecule has 1 N–H and O–H groups in total. The first-order chi connectivity index (χ1) is 15.0. The van der Waals surface area contributed by atoms with Gasteiger partial charge in [-0.15, -0.1) is 10.2 Å². The predicted octanol–water partition coefficient (Wildman–Crippen LogP) is 5.98. The summed E-state index contributed by atoms with van der Waals surface area (Å²) < 4.78 is 7.42. The van der Waals surface area contributed by atoms with Gasteiger partial charge in [-0.1, -0.05) is 52.7 Å². The number of hydrogen-bond donors (Lipinski definition) is 1. The number of para-hydroxylation sites is 1. The average Bonchev–Trinajstić information content (AvgIpc) is 3.48. The SMILES string of the molecule is Cc1nnc2sc(-c3ccccc3NC(=O)c3ccc(-c4cccc(Cl)c4Cl)o3)nn12. The molecule has 7 nitrogen and oxygen atoms in total. The molecule has 0 saturated carbocycles. The number of rotatable bonds is 4. The lowest BCUT2D eigenvalue weighted by molar-refractivity contribution is 0.0997. The van der Waals surface area contributed by atoms with E-state index in [4.69, 9.17) is 27.6 Å². The molecule has 0 radical (unpaired) electrons. The van der Waals surface area contributed by atoms with Crippen molar-refractivity contribution >= 4 is 51.1 Å². The molecule has 0 spiro atoms. The van der Waals surface area contributed by atoms with Gasteiger partial charge in [-0.2, -0.15) is 9.61 Å². The van der Waals surface area contributed by atoms with E-state index < -0.39 is 5.91 Å². The fourth-order valence-corrected chi connectivity index (χ4v) is 4.40. The number of halogens is 2. The Morgan fingerprint density at radius 1 is 1.03 bits per heavy atom. The van der Waals surface area contributed by atoms with Crippen molar-refractivity contribution in [1.29, 1.82) is 0 Å². The van der Waals surface area contributed by atoms with Gasteiger partial charge < -0.3 is 9.73 Å². The molecule has 0 atom stereocenters. The first-order valence-corrected chi connectivity index (χ1v) is 10.7. The lowest BCUT2D eigenvalue weighted by atomic mass is 10.2. The average molecular weight is 470 g/mol. The zero-order valence-corrected chi connectivity index (χ0v) is 18.3. The topological polar surface area (TPSA) is 85.3 Å². The van der Waals surface area contributed by atoms with Gasteiger partial charge in [0.05, 0.1) is 15.7 Å². The smallest absolute Gasteiger partial charge is 0.291 e. The van der Waals surface area contributed by atoms with Gasteiger partial charge >= 0.3 is 0 Å². The quantitative estimate of drug-likeness (QED) is 0.349. The first-order valence-electron chi connectivity index (χ1n) is 9.15. The molecule has 31 heavy (non-hydrogen) atoms. The van der Waals surface area contributed by atoms with Crippen LogP contribution in [0.1, 0.15) is 16.4 Å². The Morgan fingerprint density at radius 2 is 1.84 bits per heavy atom. The second-order valence-corrected chi connectivity index (χ2v) is 8.35. The predicted molar refractivity (Wildman–Crippen MR) is 121 cm³/mol. The standard InChI is InChI=1S/C21H13Cl2N5O2S/c1-11-25-26-21-28(11)27-20(31-21)12-5-2-3-8-15(12)24-19(29)17-10-9-16(30-17)13-6-4-7-14(22)18(13)23/h2-10H,1H3,(H,24,29). The van der Waals surface area contributed by atoms with Crippen molar-refractivity contribution in [3.8, 4) is 21.9 Å². The van der Waals surface area contributed by atoms with Crippen LogP contribution in [0.25, 0.3) is 26.9 Å². The van der Waals surface area contributed by atoms with E-state index in [0.717, 1.165) is 10.6 Å². The van der Waals surface area contributed by atoms with Crippen LogP contribution < -0.4 is 5.32 Å². The maximum atomic E-state index is 12.9. The summed E-state index contributed by atoms with van der Waals surface area (Å²) in [5, 5.41) is 17.0. The number of hydrogen-bond acceptors (Lipinski definition) is 6. The maximum absolute atomic E-state index is 12.9. The molecule has 5 aromatic rings. The lowest BCUT2D eigenvalue weighted by Crippen LogP contribution is -2.11. The molecular weight excluding hydrogens is 457 g/mol. The van der Waals surface area contributed by atoms with Gasteiger partial charge in [0.25, 0.3) is 5.91 Å². The summed E-state index contributed by atoms with van der Waals surface area (Å²) in [5.74, 6) is 0.905. The molecule has 0 unspecified atom stereocenters. The molecule has 2 aromatic carbocycles. The number of carbonyl (C=O) groups excluding carboxylic acids is 1. The third kappa shape index (κ3) is 3.59. The largest absolute Gasteiger partial charge is 0.451 e. The molecular formula is C21H13Cl2N5O2S. The second kappa shape index (κ2) is 7.81. The van der Waals surface area contributed by atoms with E-state index in [-0.39, 0.29) is 5.76 Å². The highest BCUT2D eigenvalue weighted by atomic mass is 35.5. The van der Waals surface area contributed by atoms with E-state index in [9.17, 15) is 4.79 Å². The van der Waals surface area contributed by atoms with Crippen LogP contribution in [0.2, 0.25) is 10.0 Å². The molecule has 0 fully saturated rings. The summed E-state index contributed by atoms with van der Waals surface area (Å²) in [6, 6.07) is 15.9. The van der Waals surface area contributed by atoms with Gasteiger partial charge in [-0.3, -0.25) is 4.79 Å². The summed E-state index contributed by atoms with van der Waals surface area (Å²) in [6.45, 7) is 1.83. The highest BCUT2D eigenvalue weighted by molar-refractivity contribution is 7.19. The monoisotopic (exact) mass is 469 g/mol. The normalized spacial score (nSPS) is 11.2. The number of furan rings is 1. The van der Waals surface area contributed by atoms with Crippen molar-refractivity contribution in [2.24, 2.45) is 0 Å². The number of aromatic nitrogens is 4. The van der Waals surface area contributed by atoms with Crippen molar-refractivity contribution in [2.75, 3.05) is 5.32 Å². The summed E-state index contributed by atoms with van der Waals surface area (Å²) in [7, 11) is 0. The van der Waals surface area contributed by atoms with Crippen LogP contribution in [0.4, 0.5) is 5.69 Å². The minimum atomic E-state index is -0.393. The van der Waals surface area contributed by atoms with Crippen LogP contribution >= 0.6 is 34.5 Å². The summed E-state index contributed by atoms with van der Waals surface area (Å²) in [5.41, 5.74) is 1.99. The molecule has 154 valence electrons. The number of carbonyl (C=O) groups is 1. The molecule has 0 bridgehead atoms. The molecule has 0 aliphatic heterocycles. The van der Waals surface area contributed by atoms with E-state index >= 15 is 0 Å². The van der Waals surface area contributed by atoms with E-state index in [2.05, 4.69) is 20.6 Å². The van der Waals surface area contributed by atoms with E-state index in [1.54, 1.807) is 40.9 Å². The maximum Gasteiger partial charge on any atom is 0.291 e. The third-order valence-electron chi connectivity index (χ3n) is 4.60. The lowest BCUT2D eigenvalue weighted by Gasteiger charge is -2.08. The van der Waals surface area contributed by atoms with Crippen molar-refractivity contribution in [2.45, 2.75) is 6.92 Å². The van der Waals surface area contributed by atoms with Gasteiger partial charge in [0.2, 0.25) is 4.96 Å². The first kappa shape index (κ1) is 19.7. The molecule has 1 amide bonds. The molecule has 10 heteroatoms. The van der Waals surface area contributed by atoms with Crippen molar-refractivity contribution < 1.29 is 9.21 Å². The number of benzene rings is 2. The molecule has 5 rings (SSSR count). The van der Waals surface area contributed by atoms with Gasteiger partial charge in [0.15, 0.2) is 11.6 Å². The van der Waals surface area contributed by atoms with Crippen molar-refractivity contribution in [1.82, 2.24) is 19.8 Å². The number of nitrogens with zero attached hydrogens (tertiary/aromatic N) is 4. The van der Waals surface area contributed by atoms with Crippen LogP contribution in [-0.4, -0.2) is 25.7 Å². The fourth-order valence-electron chi connectivity index (χ4n) is 3.08. The van der Waals surface area contributed by atoms with E-state index in [1.807, 2.05) is 25.1 Å². The number of amides is 1. The summed E-state index contributed by atoms with van der Waals surface area (Å²) >= 11 is 13.7. The Hall–Kier alpha value is -3.20. The second-order valence-electron chi connectivity index (χ2n) is 6.61.